The predicted molar refractivity (Wildman–Crippen MR) is 53.6 cm³/mol. The van der Waals surface area contributed by atoms with Gasteiger partial charge in [0.25, 0.3) is 0 Å². The molecule has 2 aromatic rings. The fourth-order valence-electron chi connectivity index (χ4n) is 1.23. The number of aryl methyl sites for hydroxylation is 2. The normalized spacial score (nSPS) is 10.6. The van der Waals surface area contributed by atoms with Crippen molar-refractivity contribution < 1.29 is 0 Å². The lowest BCUT2D eigenvalue weighted by molar-refractivity contribution is 1.20. The smallest absolute Gasteiger partial charge is 0.197 e. The maximum absolute atomic E-state index is 5.49. The maximum Gasteiger partial charge on any atom is 0.197 e. The van der Waals surface area contributed by atoms with Gasteiger partial charge in [-0.3, -0.25) is 0 Å². The number of thiazole rings is 1. The van der Waals surface area contributed by atoms with Gasteiger partial charge in [-0.1, -0.05) is 0 Å². The minimum Gasteiger partial charge on any atom is -0.369 e. The van der Waals surface area contributed by atoms with Gasteiger partial charge >= 0.3 is 0 Å². The molecule has 13 heavy (non-hydrogen) atoms. The first-order chi connectivity index (χ1) is 6.16. The van der Waals surface area contributed by atoms with Crippen LogP contribution in [0.5, 0.6) is 0 Å². The number of hydrogen-bond donors (Lipinski definition) is 2. The number of aromatic nitrogens is 3. The molecule has 2 heterocycles. The number of nitrogen functional groups attached to an aromatic ring is 1. The molecule has 0 fully saturated rings. The minimum atomic E-state index is 0.445. The van der Waals surface area contributed by atoms with Crippen LogP contribution in [0.4, 0.5) is 5.95 Å². The number of aromatic amines is 1. The Kier molecular flexibility index (Phi) is 1.81. The van der Waals surface area contributed by atoms with Gasteiger partial charge < -0.3 is 10.7 Å². The fourth-order valence-corrected chi connectivity index (χ4v) is 2.12. The third kappa shape index (κ3) is 1.42. The molecule has 0 radical (unpaired) electrons. The lowest BCUT2D eigenvalue weighted by Crippen LogP contribution is -1.85. The standard InChI is InChI=1S/C8H10N4S/c1-4-7(13-5(2)11-4)6-3-10-8(9)12-6/h3H,1-2H3,(H3,9,10,12). The van der Waals surface area contributed by atoms with E-state index in [4.69, 9.17) is 5.73 Å². The zero-order valence-corrected chi connectivity index (χ0v) is 8.27. The molecule has 0 aliphatic rings. The molecule has 2 aromatic heterocycles. The second-order valence-electron chi connectivity index (χ2n) is 2.83. The molecule has 0 saturated carbocycles. The Labute approximate surface area is 79.8 Å². The summed E-state index contributed by atoms with van der Waals surface area (Å²) < 4.78 is 0. The van der Waals surface area contributed by atoms with E-state index in [1.165, 1.54) is 0 Å². The van der Waals surface area contributed by atoms with Crippen LogP contribution in [-0.4, -0.2) is 15.0 Å². The minimum absolute atomic E-state index is 0.445. The van der Waals surface area contributed by atoms with Gasteiger partial charge in [0.2, 0.25) is 0 Å². The number of rotatable bonds is 1. The number of hydrogen-bond acceptors (Lipinski definition) is 4. The highest BCUT2D eigenvalue weighted by atomic mass is 32.1. The highest BCUT2D eigenvalue weighted by molar-refractivity contribution is 7.15. The van der Waals surface area contributed by atoms with Gasteiger partial charge in [0, 0.05) is 0 Å². The van der Waals surface area contributed by atoms with Gasteiger partial charge in [-0.25, -0.2) is 9.97 Å². The van der Waals surface area contributed by atoms with E-state index in [1.54, 1.807) is 17.5 Å². The fraction of sp³-hybridized carbons (Fsp3) is 0.250. The Hall–Kier alpha value is -1.36. The number of nitrogens with two attached hydrogens (primary N) is 1. The number of nitrogens with zero attached hydrogens (tertiary/aromatic N) is 2. The van der Waals surface area contributed by atoms with Crippen LogP contribution in [0.2, 0.25) is 0 Å². The Balaban J connectivity index is 2.51. The van der Waals surface area contributed by atoms with E-state index in [1.807, 2.05) is 13.8 Å². The highest BCUT2D eigenvalue weighted by Gasteiger charge is 2.08. The molecule has 4 nitrogen and oxygen atoms in total. The monoisotopic (exact) mass is 194 g/mol. The van der Waals surface area contributed by atoms with Crippen molar-refractivity contribution in [3.63, 3.8) is 0 Å². The van der Waals surface area contributed by atoms with Crippen molar-refractivity contribution in [2.24, 2.45) is 0 Å². The summed E-state index contributed by atoms with van der Waals surface area (Å²) in [5.74, 6) is 0.445. The van der Waals surface area contributed by atoms with Crippen molar-refractivity contribution in [3.8, 4) is 10.6 Å². The van der Waals surface area contributed by atoms with Crippen molar-refractivity contribution in [3.05, 3.63) is 16.9 Å². The molecule has 0 spiro atoms. The Morgan fingerprint density at radius 1 is 1.46 bits per heavy atom. The molecule has 0 amide bonds. The molecule has 0 aliphatic carbocycles. The summed E-state index contributed by atoms with van der Waals surface area (Å²) in [5, 5.41) is 1.06. The lowest BCUT2D eigenvalue weighted by atomic mass is 10.3. The zero-order valence-electron chi connectivity index (χ0n) is 7.46. The van der Waals surface area contributed by atoms with Crippen LogP contribution in [0, 0.1) is 13.8 Å². The van der Waals surface area contributed by atoms with Gasteiger partial charge in [-0.2, -0.15) is 0 Å². The van der Waals surface area contributed by atoms with Gasteiger partial charge in [0.1, 0.15) is 0 Å². The largest absolute Gasteiger partial charge is 0.369 e. The van der Waals surface area contributed by atoms with E-state index in [0.29, 0.717) is 5.95 Å². The first kappa shape index (κ1) is 8.25. The molecule has 5 heteroatoms. The predicted octanol–water partition coefficient (Wildman–Crippen LogP) is 1.73. The van der Waals surface area contributed by atoms with E-state index in [-0.39, 0.29) is 0 Å². The molecule has 0 saturated heterocycles. The van der Waals surface area contributed by atoms with Crippen molar-refractivity contribution in [1.29, 1.82) is 0 Å². The molecule has 68 valence electrons. The van der Waals surface area contributed by atoms with Crippen LogP contribution in [0.3, 0.4) is 0 Å². The third-order valence-electron chi connectivity index (χ3n) is 1.74. The molecule has 0 unspecified atom stereocenters. The van der Waals surface area contributed by atoms with Crippen LogP contribution in [0.15, 0.2) is 6.20 Å². The van der Waals surface area contributed by atoms with Gasteiger partial charge in [0.15, 0.2) is 5.95 Å². The molecule has 2 rings (SSSR count). The van der Waals surface area contributed by atoms with Crippen LogP contribution in [0.25, 0.3) is 10.6 Å². The summed E-state index contributed by atoms with van der Waals surface area (Å²) in [6.45, 7) is 3.97. The summed E-state index contributed by atoms with van der Waals surface area (Å²) in [7, 11) is 0. The van der Waals surface area contributed by atoms with E-state index < -0.39 is 0 Å². The maximum atomic E-state index is 5.49. The van der Waals surface area contributed by atoms with E-state index >= 15 is 0 Å². The van der Waals surface area contributed by atoms with Gasteiger partial charge in [-0.05, 0) is 13.8 Å². The van der Waals surface area contributed by atoms with Gasteiger partial charge in [-0.15, -0.1) is 11.3 Å². The first-order valence-corrected chi connectivity index (χ1v) is 4.73. The second-order valence-corrected chi connectivity index (χ2v) is 4.03. The molecular formula is C8H10N4S. The summed E-state index contributed by atoms with van der Waals surface area (Å²) in [6, 6.07) is 0. The van der Waals surface area contributed by atoms with Gasteiger partial charge in [0.05, 0.1) is 27.5 Å². The number of H-pyrrole nitrogens is 1. The van der Waals surface area contributed by atoms with E-state index in [0.717, 1.165) is 21.3 Å². The van der Waals surface area contributed by atoms with Crippen LogP contribution >= 0.6 is 11.3 Å². The van der Waals surface area contributed by atoms with Crippen molar-refractivity contribution >= 4 is 17.3 Å². The average molecular weight is 194 g/mol. The SMILES string of the molecule is Cc1nc(C)c(-c2cnc(N)[nH]2)s1. The summed E-state index contributed by atoms with van der Waals surface area (Å²) >= 11 is 1.64. The van der Waals surface area contributed by atoms with Crippen LogP contribution in [0.1, 0.15) is 10.7 Å². The quantitative estimate of drug-likeness (QED) is 0.726. The van der Waals surface area contributed by atoms with Crippen LogP contribution in [-0.2, 0) is 0 Å². The summed E-state index contributed by atoms with van der Waals surface area (Å²) in [4.78, 5) is 12.4. The zero-order chi connectivity index (χ0) is 9.42. The van der Waals surface area contributed by atoms with E-state index in [2.05, 4.69) is 15.0 Å². The molecule has 0 aliphatic heterocycles. The Morgan fingerprint density at radius 2 is 2.23 bits per heavy atom. The summed E-state index contributed by atoms with van der Waals surface area (Å²) in [5.41, 5.74) is 7.45. The lowest BCUT2D eigenvalue weighted by Gasteiger charge is -1.90. The number of nitrogens with one attached hydrogen (secondary N) is 1. The molecule has 0 atom stereocenters. The van der Waals surface area contributed by atoms with Crippen molar-refractivity contribution in [1.82, 2.24) is 15.0 Å². The third-order valence-corrected chi connectivity index (χ3v) is 2.85. The van der Waals surface area contributed by atoms with Crippen molar-refractivity contribution in [2.75, 3.05) is 5.73 Å². The topological polar surface area (TPSA) is 67.6 Å². The summed E-state index contributed by atoms with van der Waals surface area (Å²) in [6.07, 6.45) is 1.73. The molecular weight excluding hydrogens is 184 g/mol. The molecule has 0 bridgehead atoms. The van der Waals surface area contributed by atoms with E-state index in [9.17, 15) is 0 Å². The van der Waals surface area contributed by atoms with Crippen LogP contribution < -0.4 is 5.73 Å². The number of anilines is 1. The molecule has 3 N–H and O–H groups in total. The Bertz CT molecular complexity index is 429. The van der Waals surface area contributed by atoms with Crippen molar-refractivity contribution in [2.45, 2.75) is 13.8 Å². The Morgan fingerprint density at radius 3 is 2.69 bits per heavy atom. The first-order valence-electron chi connectivity index (χ1n) is 3.91. The second kappa shape index (κ2) is 2.85. The highest BCUT2D eigenvalue weighted by Crippen LogP contribution is 2.28. The average Bonchev–Trinajstić information content (AvgIpc) is 2.58. The molecule has 0 aromatic carbocycles. The number of imidazole rings is 1.